The molecule has 2 aromatic carbocycles. The third-order valence-electron chi connectivity index (χ3n) is 1.88. The minimum atomic E-state index is 1.28. The minimum absolute atomic E-state index is 1.28. The van der Waals surface area contributed by atoms with Crippen molar-refractivity contribution in [2.75, 3.05) is 6.66 Å². The molecule has 0 aromatic heterocycles. The molecule has 2 aromatic rings. The van der Waals surface area contributed by atoms with E-state index in [1.54, 1.807) is 0 Å². The van der Waals surface area contributed by atoms with Gasteiger partial charge in [-0.2, -0.15) is 0 Å². The van der Waals surface area contributed by atoms with Gasteiger partial charge in [0, 0.05) is 0 Å². The van der Waals surface area contributed by atoms with Crippen molar-refractivity contribution in [3.05, 3.63) is 60.7 Å². The molecule has 0 nitrogen and oxygen atoms in total. The molecule has 1 atom stereocenters. The quantitative estimate of drug-likeness (QED) is 0.616. The van der Waals surface area contributed by atoms with E-state index >= 15 is 0 Å². The first-order valence-electron chi connectivity index (χ1n) is 4.65. The van der Waals surface area contributed by atoms with Crippen LogP contribution in [0.1, 0.15) is 0 Å². The van der Waals surface area contributed by atoms with Crippen LogP contribution >= 0.6 is 9.24 Å². The van der Waals surface area contributed by atoms with Crippen molar-refractivity contribution in [2.45, 2.75) is 0 Å². The summed E-state index contributed by atoms with van der Waals surface area (Å²) < 4.78 is 0. The predicted molar refractivity (Wildman–Crippen MR) is 67.5 cm³/mol. The zero-order valence-electron chi connectivity index (χ0n) is 8.35. The third-order valence-corrected chi connectivity index (χ3v) is 1.88. The summed E-state index contributed by atoms with van der Waals surface area (Å²) in [6, 6.07) is 20.8. The summed E-state index contributed by atoms with van der Waals surface area (Å²) in [5.74, 6) is 0. The van der Waals surface area contributed by atoms with Crippen LogP contribution in [0.25, 0.3) is 11.1 Å². The first kappa shape index (κ1) is 10.9. The highest BCUT2D eigenvalue weighted by Gasteiger charge is 1.91. The van der Waals surface area contributed by atoms with E-state index in [9.17, 15) is 0 Å². The lowest BCUT2D eigenvalue weighted by molar-refractivity contribution is 1.62. The van der Waals surface area contributed by atoms with Gasteiger partial charge in [-0.05, 0) is 11.1 Å². The normalized spacial score (nSPS) is 8.71. The molecular formula is C13H15P. The molecule has 0 bridgehead atoms. The fourth-order valence-electron chi connectivity index (χ4n) is 1.26. The van der Waals surface area contributed by atoms with E-state index in [-0.39, 0.29) is 0 Å². The molecule has 0 amide bonds. The Hall–Kier alpha value is -1.13. The molecule has 0 saturated heterocycles. The SMILES string of the molecule is CP.c1ccc(-c2ccccc2)cc1. The van der Waals surface area contributed by atoms with Crippen molar-refractivity contribution in [2.24, 2.45) is 0 Å². The van der Waals surface area contributed by atoms with Gasteiger partial charge in [0.2, 0.25) is 0 Å². The van der Waals surface area contributed by atoms with Gasteiger partial charge in [0.1, 0.15) is 0 Å². The molecule has 72 valence electrons. The molecule has 0 aliphatic carbocycles. The monoisotopic (exact) mass is 202 g/mol. The molecular weight excluding hydrogens is 187 g/mol. The van der Waals surface area contributed by atoms with E-state index in [1.165, 1.54) is 11.1 Å². The molecule has 0 radical (unpaired) electrons. The summed E-state index contributed by atoms with van der Waals surface area (Å²) in [4.78, 5) is 0. The number of hydrogen-bond donors (Lipinski definition) is 0. The van der Waals surface area contributed by atoms with Crippen LogP contribution in [-0.2, 0) is 0 Å². The maximum Gasteiger partial charge on any atom is -0.0184 e. The Labute approximate surface area is 88.2 Å². The second kappa shape index (κ2) is 6.34. The summed E-state index contributed by atoms with van der Waals surface area (Å²) in [5, 5.41) is 0. The average Bonchev–Trinajstić information content (AvgIpc) is 2.34. The van der Waals surface area contributed by atoms with E-state index in [0.29, 0.717) is 0 Å². The maximum atomic E-state index is 2.42. The van der Waals surface area contributed by atoms with Crippen molar-refractivity contribution >= 4 is 9.24 Å². The molecule has 2 rings (SSSR count). The van der Waals surface area contributed by atoms with Crippen LogP contribution in [0.5, 0.6) is 0 Å². The Kier molecular flexibility index (Phi) is 4.96. The first-order chi connectivity index (χ1) is 6.97. The minimum Gasteiger partial charge on any atom is -0.141 e. The lowest BCUT2D eigenvalue weighted by Gasteiger charge is -1.98. The summed E-state index contributed by atoms with van der Waals surface area (Å²) in [5.41, 5.74) is 2.55. The fraction of sp³-hybridized carbons (Fsp3) is 0.0769. The Balaban J connectivity index is 0.000000461. The second-order valence-electron chi connectivity index (χ2n) is 2.73. The van der Waals surface area contributed by atoms with Gasteiger partial charge in [-0.3, -0.25) is 0 Å². The van der Waals surface area contributed by atoms with Crippen molar-refractivity contribution in [3.8, 4) is 11.1 Å². The largest absolute Gasteiger partial charge is 0.141 e. The first-order valence-corrected chi connectivity index (χ1v) is 5.80. The molecule has 0 saturated carbocycles. The standard InChI is InChI=1S/C12H10.CH5P/c1-3-7-11(8-4-1)12-9-5-2-6-10-12;1-2/h1-10H;2H2,1H3. The molecule has 0 heterocycles. The molecule has 0 spiro atoms. The van der Waals surface area contributed by atoms with Crippen molar-refractivity contribution < 1.29 is 0 Å². The highest BCUT2D eigenvalue weighted by Crippen LogP contribution is 2.17. The Morgan fingerprint density at radius 2 is 0.857 bits per heavy atom. The zero-order chi connectivity index (χ0) is 10.2. The number of hydrogen-bond acceptors (Lipinski definition) is 0. The summed E-state index contributed by atoms with van der Waals surface area (Å²) in [7, 11) is 2.42. The van der Waals surface area contributed by atoms with Crippen LogP contribution in [0.4, 0.5) is 0 Å². The van der Waals surface area contributed by atoms with Gasteiger partial charge in [0.15, 0.2) is 0 Å². The number of benzene rings is 2. The van der Waals surface area contributed by atoms with Crippen LogP contribution in [0.15, 0.2) is 60.7 Å². The van der Waals surface area contributed by atoms with Gasteiger partial charge in [-0.15, -0.1) is 9.24 Å². The molecule has 14 heavy (non-hydrogen) atoms. The van der Waals surface area contributed by atoms with Crippen LogP contribution in [0.3, 0.4) is 0 Å². The Morgan fingerprint density at radius 3 is 1.14 bits per heavy atom. The second-order valence-corrected chi connectivity index (χ2v) is 2.73. The number of rotatable bonds is 1. The molecule has 1 heteroatoms. The smallest absolute Gasteiger partial charge is 0.0184 e. The van der Waals surface area contributed by atoms with Crippen molar-refractivity contribution in [3.63, 3.8) is 0 Å². The van der Waals surface area contributed by atoms with Gasteiger partial charge in [-0.25, -0.2) is 0 Å². The predicted octanol–water partition coefficient (Wildman–Crippen LogP) is 3.84. The van der Waals surface area contributed by atoms with Crippen LogP contribution in [0.2, 0.25) is 0 Å². The van der Waals surface area contributed by atoms with Gasteiger partial charge in [0.25, 0.3) is 0 Å². The van der Waals surface area contributed by atoms with E-state index in [4.69, 9.17) is 0 Å². The molecule has 0 aliphatic rings. The lowest BCUT2D eigenvalue weighted by Crippen LogP contribution is -1.73. The Bertz CT molecular complexity index is 303. The van der Waals surface area contributed by atoms with E-state index < -0.39 is 0 Å². The molecule has 0 aliphatic heterocycles. The fourth-order valence-corrected chi connectivity index (χ4v) is 1.26. The third kappa shape index (κ3) is 2.97. The van der Waals surface area contributed by atoms with Gasteiger partial charge in [0.05, 0.1) is 0 Å². The lowest BCUT2D eigenvalue weighted by atomic mass is 10.1. The van der Waals surface area contributed by atoms with E-state index in [2.05, 4.69) is 57.8 Å². The molecule has 0 fully saturated rings. The van der Waals surface area contributed by atoms with E-state index in [0.717, 1.165) is 0 Å². The van der Waals surface area contributed by atoms with Gasteiger partial charge < -0.3 is 0 Å². The van der Waals surface area contributed by atoms with E-state index in [1.807, 2.05) is 18.8 Å². The van der Waals surface area contributed by atoms with Crippen molar-refractivity contribution in [1.82, 2.24) is 0 Å². The van der Waals surface area contributed by atoms with Crippen LogP contribution in [-0.4, -0.2) is 6.66 Å². The molecule has 1 unspecified atom stereocenters. The van der Waals surface area contributed by atoms with Crippen LogP contribution in [0, 0.1) is 0 Å². The summed E-state index contributed by atoms with van der Waals surface area (Å²) in [6.45, 7) is 1.92. The highest BCUT2D eigenvalue weighted by molar-refractivity contribution is 7.15. The van der Waals surface area contributed by atoms with Crippen LogP contribution < -0.4 is 0 Å². The van der Waals surface area contributed by atoms with Crippen molar-refractivity contribution in [1.29, 1.82) is 0 Å². The molecule has 0 N–H and O–H groups in total. The topological polar surface area (TPSA) is 0 Å². The highest BCUT2D eigenvalue weighted by atomic mass is 31.0. The van der Waals surface area contributed by atoms with Gasteiger partial charge >= 0.3 is 0 Å². The summed E-state index contributed by atoms with van der Waals surface area (Å²) >= 11 is 0. The van der Waals surface area contributed by atoms with Gasteiger partial charge in [-0.1, -0.05) is 67.3 Å². The maximum absolute atomic E-state index is 2.42. The summed E-state index contributed by atoms with van der Waals surface area (Å²) in [6.07, 6.45) is 0. The average molecular weight is 202 g/mol. The Morgan fingerprint density at radius 1 is 0.571 bits per heavy atom. The zero-order valence-corrected chi connectivity index (χ0v) is 9.51.